The Balaban J connectivity index is 1.08. The van der Waals surface area contributed by atoms with E-state index in [2.05, 4.69) is 281 Å². The Hall–Kier alpha value is -7.96. The van der Waals surface area contributed by atoms with Crippen molar-refractivity contribution in [2.45, 2.75) is 138 Å². The maximum atomic E-state index is 7.09. The predicted molar refractivity (Wildman–Crippen MR) is 348 cm³/mol. The van der Waals surface area contributed by atoms with Crippen LogP contribution in [0.5, 0.6) is 0 Å². The Morgan fingerprint density at radius 3 is 1.48 bits per heavy atom. The van der Waals surface area contributed by atoms with Gasteiger partial charge in [0.25, 0.3) is 6.71 Å². The van der Waals surface area contributed by atoms with Crippen LogP contribution in [-0.2, 0) is 27.1 Å². The van der Waals surface area contributed by atoms with Crippen molar-refractivity contribution in [3.05, 3.63) is 185 Å². The van der Waals surface area contributed by atoms with E-state index in [0.29, 0.717) is 0 Å². The summed E-state index contributed by atoms with van der Waals surface area (Å²) in [4.78, 5) is 5.26. The van der Waals surface area contributed by atoms with Crippen molar-refractivity contribution in [2.75, 3.05) is 9.80 Å². The van der Waals surface area contributed by atoms with E-state index in [4.69, 9.17) is 4.42 Å². The van der Waals surface area contributed by atoms with Crippen molar-refractivity contribution in [3.8, 4) is 11.4 Å². The van der Waals surface area contributed by atoms with Crippen molar-refractivity contribution in [1.82, 2.24) is 9.13 Å². The van der Waals surface area contributed by atoms with Gasteiger partial charge in [-0.3, -0.25) is 0 Å². The molecule has 0 N–H and O–H groups in total. The summed E-state index contributed by atoms with van der Waals surface area (Å²) in [6, 6.07) is 59.4. The highest BCUT2D eigenvalue weighted by Gasteiger charge is 2.48. The van der Waals surface area contributed by atoms with Gasteiger partial charge < -0.3 is 23.4 Å². The minimum absolute atomic E-state index is 0.00905. The van der Waals surface area contributed by atoms with Gasteiger partial charge in [0.1, 0.15) is 5.58 Å². The summed E-state index contributed by atoms with van der Waals surface area (Å²) in [5.74, 6) is 0. The molecule has 0 aliphatic carbocycles. The number of fused-ring (bicyclic) bond motifs is 15. The smallest absolute Gasteiger partial charge is 0.252 e. The molecule has 15 rings (SSSR count). The fraction of sp³-hybridized carbons (Fsp3) is 0.280. The van der Waals surface area contributed by atoms with E-state index in [1.54, 1.807) is 0 Å². The zero-order chi connectivity index (χ0) is 56.5. The van der Waals surface area contributed by atoms with E-state index in [0.717, 1.165) is 39.0 Å². The van der Waals surface area contributed by atoms with Crippen LogP contribution in [0.2, 0.25) is 0 Å². The fourth-order valence-corrected chi connectivity index (χ4v) is 14.1. The van der Waals surface area contributed by atoms with Crippen LogP contribution in [0.4, 0.5) is 34.1 Å². The zero-order valence-electron chi connectivity index (χ0n) is 50.2. The topological polar surface area (TPSA) is 29.5 Å². The van der Waals surface area contributed by atoms with Gasteiger partial charge in [-0.1, -0.05) is 165 Å². The second kappa shape index (κ2) is 16.2. The van der Waals surface area contributed by atoms with E-state index < -0.39 is 0 Å². The molecule has 0 atom stereocenters. The Morgan fingerprint density at radius 2 is 0.877 bits per heavy atom. The molecule has 12 aromatic rings. The van der Waals surface area contributed by atoms with Gasteiger partial charge in [0.2, 0.25) is 0 Å². The first kappa shape index (κ1) is 50.0. The number of nitrogens with zero attached hydrogens (tertiary/aromatic N) is 4. The van der Waals surface area contributed by atoms with Crippen molar-refractivity contribution in [2.24, 2.45) is 0 Å². The number of hydrogen-bond donors (Lipinski definition) is 0. The van der Waals surface area contributed by atoms with Crippen LogP contribution in [0.1, 0.15) is 137 Å². The van der Waals surface area contributed by atoms with E-state index in [-0.39, 0.29) is 33.8 Å². The maximum Gasteiger partial charge on any atom is 0.252 e. The van der Waals surface area contributed by atoms with Gasteiger partial charge in [0, 0.05) is 55.1 Å². The van der Waals surface area contributed by atoms with Crippen molar-refractivity contribution < 1.29 is 4.42 Å². The fourth-order valence-electron chi connectivity index (χ4n) is 14.1. The number of rotatable bonds is 2. The van der Waals surface area contributed by atoms with Crippen LogP contribution >= 0.6 is 0 Å². The van der Waals surface area contributed by atoms with E-state index in [1.165, 1.54) is 122 Å². The number of anilines is 6. The highest BCUT2D eigenvalue weighted by Crippen LogP contribution is 2.55. The van der Waals surface area contributed by atoms with Crippen LogP contribution in [-0.4, -0.2) is 15.8 Å². The summed E-state index contributed by atoms with van der Waals surface area (Å²) in [6.45, 7) is 37.4. The molecule has 0 bridgehead atoms. The number of aromatic nitrogens is 2. The first-order valence-electron chi connectivity index (χ1n) is 29.4. The predicted octanol–water partition coefficient (Wildman–Crippen LogP) is 19.0. The summed E-state index contributed by atoms with van der Waals surface area (Å²) in [7, 11) is 0. The van der Waals surface area contributed by atoms with Gasteiger partial charge in [-0.2, -0.15) is 0 Å². The van der Waals surface area contributed by atoms with E-state index >= 15 is 0 Å². The van der Waals surface area contributed by atoms with Crippen LogP contribution in [0.15, 0.2) is 156 Å². The highest BCUT2D eigenvalue weighted by atomic mass is 16.3. The number of furan rings is 1. The second-order valence-corrected chi connectivity index (χ2v) is 29.3. The third-order valence-electron chi connectivity index (χ3n) is 18.6. The lowest BCUT2D eigenvalue weighted by Crippen LogP contribution is -2.62. The molecule has 3 aromatic heterocycles. The summed E-state index contributed by atoms with van der Waals surface area (Å²) >= 11 is 0. The molecule has 0 spiro atoms. The molecule has 6 heteroatoms. The molecule has 6 heterocycles. The monoisotopic (exact) mass is 1060 g/mol. The third kappa shape index (κ3) is 7.11. The van der Waals surface area contributed by atoms with Crippen LogP contribution < -0.4 is 26.2 Å². The summed E-state index contributed by atoms with van der Waals surface area (Å²) in [5.41, 5.74) is 27.7. The lowest BCUT2D eigenvalue weighted by Gasteiger charge is -2.47. The van der Waals surface area contributed by atoms with Crippen molar-refractivity contribution in [3.63, 3.8) is 0 Å². The Labute approximate surface area is 477 Å². The molecule has 0 saturated heterocycles. The normalized spacial score (nSPS) is 14.3. The first-order chi connectivity index (χ1) is 38.2. The number of hydrogen-bond acceptors (Lipinski definition) is 3. The molecular weight excluding hydrogens is 984 g/mol. The standard InChI is InChI=1S/C75H73BN4O/c1-42-32-62-67-63(33-42)80-64-39-46(74(11,12)13)37-54-53-36-45(73(8,9)10)26-31-59(53)79(68(54)64)65-40-47(75(14,15)16)38-56(69(65)80)76(67)55-28-27-48(41-61(55)78(62)60-22-19-21-50-49-20-17-18-23-66(49)81-70(50)60)77-57-29-24-43(71(2,3)4)34-51(57)52-35-44(72(5,6)7)25-30-58(52)77/h17-41H,1-16H3. The van der Waals surface area contributed by atoms with Crippen LogP contribution in [0, 0.1) is 6.92 Å². The molecule has 9 aromatic carbocycles. The SMILES string of the molecule is Cc1cc2c3c(c1)N1c4c(cc(C(C)(C)C)cc4-n4c5ccc(C(C)(C)C)cc5c5cc(C(C)(C)C)cc1c54)B3c1ccc(-n3c4ccc(C(C)(C)C)cc4c4cc(C(C)(C)C)ccc43)cc1N2c1cccc2c1oc1ccccc12. The molecule has 3 aliphatic heterocycles. The average molecular weight is 1060 g/mol. The largest absolute Gasteiger partial charge is 0.454 e. The van der Waals surface area contributed by atoms with Gasteiger partial charge >= 0.3 is 0 Å². The number of benzene rings is 9. The Bertz CT molecular complexity index is 4680. The van der Waals surface area contributed by atoms with E-state index in [1.807, 2.05) is 0 Å². The highest BCUT2D eigenvalue weighted by molar-refractivity contribution is 7.00. The second-order valence-electron chi connectivity index (χ2n) is 29.3. The lowest BCUT2D eigenvalue weighted by molar-refractivity contribution is 0.590. The van der Waals surface area contributed by atoms with Crippen LogP contribution in [0.3, 0.4) is 0 Å². The lowest BCUT2D eigenvalue weighted by atomic mass is 9.33. The molecule has 0 amide bonds. The molecule has 3 aliphatic rings. The van der Waals surface area contributed by atoms with Gasteiger partial charge in [-0.15, -0.1) is 0 Å². The quantitative estimate of drug-likeness (QED) is 0.162. The average Bonchev–Trinajstić information content (AvgIpc) is 4.17. The van der Waals surface area contributed by atoms with Gasteiger partial charge in [0.05, 0.1) is 44.8 Å². The van der Waals surface area contributed by atoms with Gasteiger partial charge in [-0.05, 0) is 175 Å². The summed E-state index contributed by atoms with van der Waals surface area (Å²) in [5, 5.41) is 7.41. The maximum absolute atomic E-state index is 7.09. The molecule has 5 nitrogen and oxygen atoms in total. The Morgan fingerprint density at radius 1 is 0.358 bits per heavy atom. The molecule has 402 valence electrons. The molecule has 81 heavy (non-hydrogen) atoms. The molecular formula is C75H73BN4O. The third-order valence-corrected chi connectivity index (χ3v) is 18.6. The molecule has 0 unspecified atom stereocenters. The minimum Gasteiger partial charge on any atom is -0.454 e. The first-order valence-corrected chi connectivity index (χ1v) is 29.4. The molecule has 0 fully saturated rings. The summed E-state index contributed by atoms with van der Waals surface area (Å²) in [6.07, 6.45) is 0. The van der Waals surface area contributed by atoms with Gasteiger partial charge in [0.15, 0.2) is 5.58 Å². The van der Waals surface area contributed by atoms with E-state index in [9.17, 15) is 0 Å². The van der Waals surface area contributed by atoms with Gasteiger partial charge in [-0.25, -0.2) is 0 Å². The molecule has 0 radical (unpaired) electrons. The zero-order valence-corrected chi connectivity index (χ0v) is 50.2. The Kier molecular flexibility index (Phi) is 9.98. The minimum atomic E-state index is -0.148. The molecule has 0 saturated carbocycles. The summed E-state index contributed by atoms with van der Waals surface area (Å²) < 4.78 is 12.3. The number of aryl methyl sites for hydroxylation is 1. The van der Waals surface area contributed by atoms with Crippen molar-refractivity contribution in [1.29, 1.82) is 0 Å². The van der Waals surface area contributed by atoms with Crippen LogP contribution in [0.25, 0.3) is 76.9 Å². The number of para-hydroxylation sites is 2. The van der Waals surface area contributed by atoms with Crippen molar-refractivity contribution >= 4 is 123 Å².